The minimum Gasteiger partial charge on any atom is -0.496 e. The summed E-state index contributed by atoms with van der Waals surface area (Å²) in [5.41, 5.74) is 1.87. The monoisotopic (exact) mass is 246 g/mol. The van der Waals surface area contributed by atoms with Crippen molar-refractivity contribution in [3.8, 4) is 17.2 Å². The SMILES string of the molecule is CNCCCc1coc(-c2ccccc2OC)n1. The number of benzene rings is 1. The van der Waals surface area contributed by atoms with Crippen LogP contribution in [-0.2, 0) is 6.42 Å². The number of para-hydroxylation sites is 1. The van der Waals surface area contributed by atoms with Gasteiger partial charge in [0.15, 0.2) is 0 Å². The van der Waals surface area contributed by atoms with Gasteiger partial charge in [-0.15, -0.1) is 0 Å². The molecule has 0 fully saturated rings. The van der Waals surface area contributed by atoms with E-state index in [4.69, 9.17) is 9.15 Å². The maximum absolute atomic E-state index is 5.51. The van der Waals surface area contributed by atoms with Crippen molar-refractivity contribution in [2.24, 2.45) is 0 Å². The van der Waals surface area contributed by atoms with Crippen molar-refractivity contribution < 1.29 is 9.15 Å². The van der Waals surface area contributed by atoms with Gasteiger partial charge >= 0.3 is 0 Å². The molecule has 0 radical (unpaired) electrons. The van der Waals surface area contributed by atoms with Crippen LogP contribution in [0, 0.1) is 0 Å². The molecule has 0 spiro atoms. The zero-order valence-electron chi connectivity index (χ0n) is 10.8. The molecule has 4 nitrogen and oxygen atoms in total. The number of oxazole rings is 1. The maximum Gasteiger partial charge on any atom is 0.229 e. The summed E-state index contributed by atoms with van der Waals surface area (Å²) < 4.78 is 10.8. The summed E-state index contributed by atoms with van der Waals surface area (Å²) in [6.07, 6.45) is 3.69. The quantitative estimate of drug-likeness (QED) is 0.795. The Morgan fingerprint density at radius 3 is 2.94 bits per heavy atom. The predicted molar refractivity (Wildman–Crippen MR) is 70.7 cm³/mol. The summed E-state index contributed by atoms with van der Waals surface area (Å²) in [5, 5.41) is 3.12. The number of rotatable bonds is 6. The van der Waals surface area contributed by atoms with Crippen LogP contribution >= 0.6 is 0 Å². The van der Waals surface area contributed by atoms with Gasteiger partial charge in [0.1, 0.15) is 12.0 Å². The van der Waals surface area contributed by atoms with Gasteiger partial charge in [-0.1, -0.05) is 12.1 Å². The van der Waals surface area contributed by atoms with Crippen LogP contribution in [0.25, 0.3) is 11.5 Å². The lowest BCUT2D eigenvalue weighted by Crippen LogP contribution is -2.08. The van der Waals surface area contributed by atoms with Crippen molar-refractivity contribution in [1.29, 1.82) is 0 Å². The molecule has 0 bridgehead atoms. The van der Waals surface area contributed by atoms with Crippen LogP contribution in [-0.4, -0.2) is 25.7 Å². The van der Waals surface area contributed by atoms with E-state index >= 15 is 0 Å². The normalized spacial score (nSPS) is 10.6. The fourth-order valence-electron chi connectivity index (χ4n) is 1.81. The molecule has 0 amide bonds. The largest absolute Gasteiger partial charge is 0.496 e. The highest BCUT2D eigenvalue weighted by atomic mass is 16.5. The van der Waals surface area contributed by atoms with Gasteiger partial charge in [-0.05, 0) is 38.6 Å². The van der Waals surface area contributed by atoms with Gasteiger partial charge in [0.05, 0.1) is 18.4 Å². The van der Waals surface area contributed by atoms with E-state index in [1.807, 2.05) is 31.3 Å². The third-order valence-electron chi connectivity index (χ3n) is 2.75. The van der Waals surface area contributed by atoms with E-state index in [1.54, 1.807) is 13.4 Å². The molecular formula is C14H18N2O2. The number of hydrogen-bond donors (Lipinski definition) is 1. The molecular weight excluding hydrogens is 228 g/mol. The van der Waals surface area contributed by atoms with E-state index in [9.17, 15) is 0 Å². The summed E-state index contributed by atoms with van der Waals surface area (Å²) in [6.45, 7) is 0.983. The average molecular weight is 246 g/mol. The minimum atomic E-state index is 0.618. The summed E-state index contributed by atoms with van der Waals surface area (Å²) in [7, 11) is 3.60. The number of methoxy groups -OCH3 is 1. The van der Waals surface area contributed by atoms with Crippen molar-refractivity contribution in [2.75, 3.05) is 20.7 Å². The van der Waals surface area contributed by atoms with Crippen LogP contribution in [0.5, 0.6) is 5.75 Å². The van der Waals surface area contributed by atoms with Crippen LogP contribution in [0.4, 0.5) is 0 Å². The molecule has 0 unspecified atom stereocenters. The molecule has 2 aromatic rings. The summed E-state index contributed by atoms with van der Waals surface area (Å²) in [4.78, 5) is 4.49. The predicted octanol–water partition coefficient (Wildman–Crippen LogP) is 2.50. The summed E-state index contributed by atoms with van der Waals surface area (Å²) >= 11 is 0. The number of nitrogens with zero attached hydrogens (tertiary/aromatic N) is 1. The Kier molecular flexibility index (Phi) is 4.36. The van der Waals surface area contributed by atoms with Gasteiger partial charge in [-0.25, -0.2) is 4.98 Å². The first-order valence-corrected chi connectivity index (χ1v) is 6.07. The molecule has 0 aliphatic heterocycles. The zero-order valence-corrected chi connectivity index (χ0v) is 10.8. The molecule has 1 aromatic heterocycles. The van der Waals surface area contributed by atoms with Crippen molar-refractivity contribution in [3.63, 3.8) is 0 Å². The topological polar surface area (TPSA) is 47.3 Å². The second kappa shape index (κ2) is 6.21. The van der Waals surface area contributed by atoms with Crippen molar-refractivity contribution in [2.45, 2.75) is 12.8 Å². The van der Waals surface area contributed by atoms with E-state index in [-0.39, 0.29) is 0 Å². The second-order valence-electron chi connectivity index (χ2n) is 4.05. The maximum atomic E-state index is 5.51. The Morgan fingerprint density at radius 2 is 2.17 bits per heavy atom. The molecule has 18 heavy (non-hydrogen) atoms. The van der Waals surface area contributed by atoms with Crippen molar-refractivity contribution in [1.82, 2.24) is 10.3 Å². The van der Waals surface area contributed by atoms with Crippen LogP contribution in [0.1, 0.15) is 12.1 Å². The lowest BCUT2D eigenvalue weighted by atomic mass is 10.2. The molecule has 0 aliphatic carbocycles. The third kappa shape index (κ3) is 2.90. The standard InChI is InChI=1S/C14H18N2O2/c1-15-9-5-6-11-10-18-14(16-11)12-7-3-4-8-13(12)17-2/h3-4,7-8,10,15H,5-6,9H2,1-2H3. The Hall–Kier alpha value is -1.81. The Balaban J connectivity index is 2.13. The number of hydrogen-bond acceptors (Lipinski definition) is 4. The van der Waals surface area contributed by atoms with Gasteiger partial charge in [0, 0.05) is 0 Å². The summed E-state index contributed by atoms with van der Waals surface area (Å²) in [6, 6.07) is 7.73. The molecule has 0 aliphatic rings. The smallest absolute Gasteiger partial charge is 0.229 e. The van der Waals surface area contributed by atoms with E-state index in [2.05, 4.69) is 10.3 Å². The third-order valence-corrected chi connectivity index (χ3v) is 2.75. The fraction of sp³-hybridized carbons (Fsp3) is 0.357. The van der Waals surface area contributed by atoms with Crippen molar-refractivity contribution >= 4 is 0 Å². The highest BCUT2D eigenvalue weighted by molar-refractivity contribution is 5.62. The lowest BCUT2D eigenvalue weighted by Gasteiger charge is -2.03. The molecule has 1 N–H and O–H groups in total. The molecule has 0 atom stereocenters. The first-order valence-electron chi connectivity index (χ1n) is 6.07. The van der Waals surface area contributed by atoms with Crippen LogP contribution in [0.15, 0.2) is 34.9 Å². The number of ether oxygens (including phenoxy) is 1. The molecule has 1 heterocycles. The highest BCUT2D eigenvalue weighted by Gasteiger charge is 2.11. The number of nitrogens with one attached hydrogen (secondary N) is 1. The fourth-order valence-corrected chi connectivity index (χ4v) is 1.81. The Bertz CT molecular complexity index is 494. The van der Waals surface area contributed by atoms with Crippen molar-refractivity contribution in [3.05, 3.63) is 36.2 Å². The van der Waals surface area contributed by atoms with Gasteiger partial charge < -0.3 is 14.5 Å². The first kappa shape index (κ1) is 12.6. The molecule has 4 heteroatoms. The number of aromatic nitrogens is 1. The minimum absolute atomic E-state index is 0.618. The lowest BCUT2D eigenvalue weighted by molar-refractivity contribution is 0.414. The first-order chi connectivity index (χ1) is 8.85. The van der Waals surface area contributed by atoms with Gasteiger partial charge in [-0.3, -0.25) is 0 Å². The molecule has 0 saturated heterocycles. The highest BCUT2D eigenvalue weighted by Crippen LogP contribution is 2.28. The molecule has 0 saturated carbocycles. The van der Waals surface area contributed by atoms with Crippen LogP contribution in [0.3, 0.4) is 0 Å². The molecule has 2 rings (SSSR count). The molecule has 1 aromatic carbocycles. The van der Waals surface area contributed by atoms with Crippen LogP contribution < -0.4 is 10.1 Å². The summed E-state index contributed by atoms with van der Waals surface area (Å²) in [5.74, 6) is 1.40. The van der Waals surface area contributed by atoms with Gasteiger partial charge in [-0.2, -0.15) is 0 Å². The van der Waals surface area contributed by atoms with Gasteiger partial charge in [0.2, 0.25) is 5.89 Å². The Morgan fingerprint density at radius 1 is 1.33 bits per heavy atom. The van der Waals surface area contributed by atoms with Crippen LogP contribution in [0.2, 0.25) is 0 Å². The molecule has 96 valence electrons. The second-order valence-corrected chi connectivity index (χ2v) is 4.05. The Labute approximate surface area is 107 Å². The van der Waals surface area contributed by atoms with E-state index in [0.29, 0.717) is 5.89 Å². The van der Waals surface area contributed by atoms with E-state index in [0.717, 1.165) is 36.4 Å². The zero-order chi connectivity index (χ0) is 12.8. The van der Waals surface area contributed by atoms with E-state index in [1.165, 1.54) is 0 Å². The number of aryl methyl sites for hydroxylation is 1. The van der Waals surface area contributed by atoms with Gasteiger partial charge in [0.25, 0.3) is 0 Å². The van der Waals surface area contributed by atoms with E-state index < -0.39 is 0 Å². The average Bonchev–Trinajstić information content (AvgIpc) is 2.88.